The van der Waals surface area contributed by atoms with Crippen molar-refractivity contribution in [2.75, 3.05) is 0 Å². The predicted octanol–water partition coefficient (Wildman–Crippen LogP) is 3.29. The van der Waals surface area contributed by atoms with E-state index in [1.54, 1.807) is 18.3 Å². The average Bonchev–Trinajstić information content (AvgIpc) is 2.34. The predicted molar refractivity (Wildman–Crippen MR) is 53.8 cm³/mol. The summed E-state index contributed by atoms with van der Waals surface area (Å²) in [4.78, 5) is 13.0. The number of carbonyl (C=O) groups is 1. The molecule has 1 nitrogen and oxygen atoms in total. The second-order valence-electron chi connectivity index (χ2n) is 2.71. The summed E-state index contributed by atoms with van der Waals surface area (Å²) in [7, 11) is 0. The number of hydrogen-bond acceptors (Lipinski definition) is 2. The first-order valence-corrected chi connectivity index (χ1v) is 4.71. The van der Waals surface area contributed by atoms with Gasteiger partial charge in [0.1, 0.15) is 0 Å². The van der Waals surface area contributed by atoms with Crippen LogP contribution in [-0.4, -0.2) is 5.78 Å². The molecule has 12 heavy (non-hydrogen) atoms. The third-order valence-electron chi connectivity index (χ3n) is 1.62. The molecule has 1 aromatic heterocycles. The van der Waals surface area contributed by atoms with Gasteiger partial charge >= 0.3 is 0 Å². The highest BCUT2D eigenvalue weighted by atomic mass is 32.1. The van der Waals surface area contributed by atoms with Crippen LogP contribution >= 0.6 is 11.3 Å². The van der Waals surface area contributed by atoms with Gasteiger partial charge in [-0.05, 0) is 38.5 Å². The second kappa shape index (κ2) is 3.68. The highest BCUT2D eigenvalue weighted by Gasteiger charge is 2.05. The topological polar surface area (TPSA) is 17.1 Å². The van der Waals surface area contributed by atoms with E-state index in [1.165, 1.54) is 10.4 Å². The summed E-state index contributed by atoms with van der Waals surface area (Å²) >= 11 is 1.56. The van der Waals surface area contributed by atoms with Crippen LogP contribution in [0.4, 0.5) is 0 Å². The van der Waals surface area contributed by atoms with E-state index in [9.17, 15) is 4.79 Å². The molecule has 0 saturated carbocycles. The lowest BCUT2D eigenvalue weighted by atomic mass is 10.2. The number of thiophene rings is 1. The van der Waals surface area contributed by atoms with Crippen LogP contribution in [0.5, 0.6) is 0 Å². The number of carbonyl (C=O) groups excluding carboxylic acids is 1. The summed E-state index contributed by atoms with van der Waals surface area (Å²) in [5.41, 5.74) is 1.18. The van der Waals surface area contributed by atoms with Crippen molar-refractivity contribution in [1.29, 1.82) is 0 Å². The Balaban J connectivity index is 3.08. The molecule has 0 aliphatic rings. The van der Waals surface area contributed by atoms with Gasteiger partial charge in [0, 0.05) is 4.88 Å². The maximum atomic E-state index is 11.0. The quantitative estimate of drug-likeness (QED) is 0.638. The third kappa shape index (κ3) is 1.83. The van der Waals surface area contributed by atoms with Gasteiger partial charge in [-0.1, -0.05) is 6.08 Å². The van der Waals surface area contributed by atoms with E-state index < -0.39 is 0 Å². The normalized spacial score (nSPS) is 10.9. The molecule has 0 unspecified atom stereocenters. The Hall–Kier alpha value is -0.890. The number of allylic oxidation sites excluding steroid dienone is 1. The van der Waals surface area contributed by atoms with Crippen molar-refractivity contribution in [3.05, 3.63) is 27.5 Å². The molecule has 0 bridgehead atoms. The number of ketones is 1. The SMILES string of the molecule is C/C=C/c1sc(C(C)=O)cc1C. The highest BCUT2D eigenvalue weighted by Crippen LogP contribution is 2.23. The molecule has 0 aliphatic carbocycles. The number of Topliss-reactive ketones (excluding diaryl/α,β-unsaturated/α-hetero) is 1. The Kier molecular flexibility index (Phi) is 2.82. The fourth-order valence-corrected chi connectivity index (χ4v) is 2.03. The minimum atomic E-state index is 0.152. The zero-order valence-electron chi connectivity index (χ0n) is 7.55. The van der Waals surface area contributed by atoms with Crippen LogP contribution in [0.3, 0.4) is 0 Å². The van der Waals surface area contributed by atoms with Gasteiger partial charge in [0.25, 0.3) is 0 Å². The fraction of sp³-hybridized carbons (Fsp3) is 0.300. The minimum absolute atomic E-state index is 0.152. The molecule has 0 aromatic carbocycles. The minimum Gasteiger partial charge on any atom is -0.294 e. The molecule has 1 aromatic rings. The molecule has 0 amide bonds. The van der Waals surface area contributed by atoms with E-state index in [4.69, 9.17) is 0 Å². The lowest BCUT2D eigenvalue weighted by Crippen LogP contribution is -1.83. The largest absolute Gasteiger partial charge is 0.294 e. The van der Waals surface area contributed by atoms with Gasteiger partial charge in [0.2, 0.25) is 0 Å². The number of aryl methyl sites for hydroxylation is 1. The van der Waals surface area contributed by atoms with E-state index in [2.05, 4.69) is 0 Å². The van der Waals surface area contributed by atoms with Crippen molar-refractivity contribution in [2.45, 2.75) is 20.8 Å². The molecule has 0 N–H and O–H groups in total. The maximum Gasteiger partial charge on any atom is 0.169 e. The van der Waals surface area contributed by atoms with Crippen molar-refractivity contribution in [3.8, 4) is 0 Å². The van der Waals surface area contributed by atoms with Gasteiger partial charge < -0.3 is 0 Å². The standard InChI is InChI=1S/C10H12OS/c1-4-5-9-7(2)6-10(12-9)8(3)11/h4-6H,1-3H3/b5-4+. The van der Waals surface area contributed by atoms with E-state index in [0.717, 1.165) is 4.88 Å². The molecule has 0 fully saturated rings. The molecular formula is C10H12OS. The Morgan fingerprint density at radius 2 is 2.25 bits per heavy atom. The van der Waals surface area contributed by atoms with E-state index in [1.807, 2.05) is 32.1 Å². The molecule has 0 saturated heterocycles. The van der Waals surface area contributed by atoms with Crippen molar-refractivity contribution in [3.63, 3.8) is 0 Å². The summed E-state index contributed by atoms with van der Waals surface area (Å²) in [5, 5.41) is 0. The summed E-state index contributed by atoms with van der Waals surface area (Å²) in [6.45, 7) is 5.61. The summed E-state index contributed by atoms with van der Waals surface area (Å²) in [5.74, 6) is 0.152. The Labute approximate surface area is 76.7 Å². The van der Waals surface area contributed by atoms with E-state index >= 15 is 0 Å². The highest BCUT2D eigenvalue weighted by molar-refractivity contribution is 7.15. The van der Waals surface area contributed by atoms with Crippen LogP contribution in [0.2, 0.25) is 0 Å². The Morgan fingerprint density at radius 3 is 2.67 bits per heavy atom. The first-order chi connectivity index (χ1) is 5.65. The Morgan fingerprint density at radius 1 is 1.58 bits per heavy atom. The van der Waals surface area contributed by atoms with Crippen LogP contribution in [0.1, 0.15) is 34.0 Å². The first kappa shape index (κ1) is 9.20. The van der Waals surface area contributed by atoms with E-state index in [-0.39, 0.29) is 5.78 Å². The zero-order chi connectivity index (χ0) is 9.14. The molecule has 2 heteroatoms. The van der Waals surface area contributed by atoms with Gasteiger partial charge in [0.05, 0.1) is 4.88 Å². The number of rotatable bonds is 2. The molecule has 1 rings (SSSR count). The first-order valence-electron chi connectivity index (χ1n) is 3.89. The molecular weight excluding hydrogens is 168 g/mol. The smallest absolute Gasteiger partial charge is 0.169 e. The van der Waals surface area contributed by atoms with Gasteiger partial charge in [-0.3, -0.25) is 4.79 Å². The second-order valence-corrected chi connectivity index (χ2v) is 3.80. The van der Waals surface area contributed by atoms with Gasteiger partial charge in [-0.2, -0.15) is 0 Å². The third-order valence-corrected chi connectivity index (χ3v) is 2.92. The monoisotopic (exact) mass is 180 g/mol. The molecule has 1 heterocycles. The van der Waals surface area contributed by atoms with Crippen LogP contribution in [-0.2, 0) is 0 Å². The zero-order valence-corrected chi connectivity index (χ0v) is 8.37. The van der Waals surface area contributed by atoms with Crippen molar-refractivity contribution in [2.24, 2.45) is 0 Å². The van der Waals surface area contributed by atoms with Crippen molar-refractivity contribution >= 4 is 23.2 Å². The summed E-state index contributed by atoms with van der Waals surface area (Å²) < 4.78 is 0. The van der Waals surface area contributed by atoms with Gasteiger partial charge in [-0.25, -0.2) is 0 Å². The lowest BCUT2D eigenvalue weighted by molar-refractivity contribution is 0.102. The van der Waals surface area contributed by atoms with E-state index in [0.29, 0.717) is 0 Å². The lowest BCUT2D eigenvalue weighted by Gasteiger charge is -1.85. The Bertz CT molecular complexity index is 321. The van der Waals surface area contributed by atoms with Crippen LogP contribution in [0.25, 0.3) is 6.08 Å². The molecule has 0 atom stereocenters. The fourth-order valence-electron chi connectivity index (χ4n) is 0.987. The molecule has 0 radical (unpaired) electrons. The summed E-state index contributed by atoms with van der Waals surface area (Å²) in [6.07, 6.45) is 4.02. The molecule has 0 aliphatic heterocycles. The molecule has 0 spiro atoms. The van der Waals surface area contributed by atoms with Crippen molar-refractivity contribution < 1.29 is 4.79 Å². The average molecular weight is 180 g/mol. The van der Waals surface area contributed by atoms with Crippen LogP contribution in [0, 0.1) is 6.92 Å². The number of hydrogen-bond donors (Lipinski definition) is 0. The maximum absolute atomic E-state index is 11.0. The molecule has 64 valence electrons. The van der Waals surface area contributed by atoms with Gasteiger partial charge in [0.15, 0.2) is 5.78 Å². The van der Waals surface area contributed by atoms with Crippen LogP contribution in [0.15, 0.2) is 12.1 Å². The van der Waals surface area contributed by atoms with Crippen LogP contribution < -0.4 is 0 Å². The van der Waals surface area contributed by atoms with Gasteiger partial charge in [-0.15, -0.1) is 11.3 Å². The summed E-state index contributed by atoms with van der Waals surface area (Å²) in [6, 6.07) is 1.95. The van der Waals surface area contributed by atoms with Crippen molar-refractivity contribution in [1.82, 2.24) is 0 Å².